The van der Waals surface area contributed by atoms with Gasteiger partial charge in [-0.05, 0) is 47.9 Å². The standard InChI is InChI=1S/C26H29F3N2O3/c1-33-15-7-13-30(18-21-9-3-4-12-24(21)25(32)34-2)19-23-11-6-14-31(23)17-20-8-5-10-22(16-20)26(27,28)29/h3-6,8-12,14,16H,7,13,15,17-19H2,1-2H3. The molecule has 0 fully saturated rings. The van der Waals surface area contributed by atoms with Crippen LogP contribution in [0.25, 0.3) is 0 Å². The maximum Gasteiger partial charge on any atom is 0.416 e. The number of halogens is 3. The summed E-state index contributed by atoms with van der Waals surface area (Å²) in [6.45, 7) is 2.73. The first kappa shape index (κ1) is 25.5. The molecule has 3 rings (SSSR count). The zero-order valence-electron chi connectivity index (χ0n) is 19.3. The highest BCUT2D eigenvalue weighted by atomic mass is 19.4. The Bertz CT molecular complexity index is 1080. The van der Waals surface area contributed by atoms with Crippen molar-refractivity contribution in [1.29, 1.82) is 0 Å². The number of benzene rings is 2. The van der Waals surface area contributed by atoms with Crippen LogP contribution in [0.5, 0.6) is 0 Å². The van der Waals surface area contributed by atoms with E-state index in [0.717, 1.165) is 30.3 Å². The highest BCUT2D eigenvalue weighted by Crippen LogP contribution is 2.29. The molecule has 0 bridgehead atoms. The van der Waals surface area contributed by atoms with E-state index >= 15 is 0 Å². The van der Waals surface area contributed by atoms with Crippen molar-refractivity contribution in [2.75, 3.05) is 27.4 Å². The Morgan fingerprint density at radius 2 is 1.79 bits per heavy atom. The van der Waals surface area contributed by atoms with Crippen molar-refractivity contribution in [3.8, 4) is 0 Å². The Labute approximate surface area is 197 Å². The molecule has 0 aliphatic rings. The Morgan fingerprint density at radius 1 is 1.00 bits per heavy atom. The topological polar surface area (TPSA) is 43.7 Å². The summed E-state index contributed by atoms with van der Waals surface area (Å²) >= 11 is 0. The van der Waals surface area contributed by atoms with E-state index in [1.54, 1.807) is 25.3 Å². The number of hydrogen-bond donors (Lipinski definition) is 0. The lowest BCUT2D eigenvalue weighted by atomic mass is 10.1. The van der Waals surface area contributed by atoms with Gasteiger partial charge in [0.25, 0.3) is 0 Å². The van der Waals surface area contributed by atoms with Gasteiger partial charge in [0.2, 0.25) is 0 Å². The largest absolute Gasteiger partial charge is 0.465 e. The summed E-state index contributed by atoms with van der Waals surface area (Å²) in [5.74, 6) is -0.389. The molecule has 0 unspecified atom stereocenters. The van der Waals surface area contributed by atoms with Crippen LogP contribution in [0.3, 0.4) is 0 Å². The Morgan fingerprint density at radius 3 is 2.53 bits per heavy atom. The third-order valence-electron chi connectivity index (χ3n) is 5.56. The zero-order valence-corrected chi connectivity index (χ0v) is 19.3. The van der Waals surface area contributed by atoms with Crippen LogP contribution >= 0.6 is 0 Å². The van der Waals surface area contributed by atoms with Crippen LogP contribution in [0.1, 0.15) is 39.2 Å². The molecule has 2 aromatic carbocycles. The molecule has 3 aromatic rings. The van der Waals surface area contributed by atoms with Gasteiger partial charge < -0.3 is 14.0 Å². The monoisotopic (exact) mass is 474 g/mol. The van der Waals surface area contributed by atoms with E-state index in [0.29, 0.717) is 37.4 Å². The zero-order chi connectivity index (χ0) is 24.6. The van der Waals surface area contributed by atoms with Crippen LogP contribution in [0.15, 0.2) is 66.9 Å². The minimum atomic E-state index is -4.37. The van der Waals surface area contributed by atoms with Gasteiger partial charge in [-0.3, -0.25) is 4.90 Å². The average molecular weight is 475 g/mol. The van der Waals surface area contributed by atoms with E-state index in [-0.39, 0.29) is 5.97 Å². The van der Waals surface area contributed by atoms with E-state index in [2.05, 4.69) is 4.90 Å². The molecule has 182 valence electrons. The van der Waals surface area contributed by atoms with Crippen LogP contribution in [0.4, 0.5) is 13.2 Å². The predicted molar refractivity (Wildman–Crippen MR) is 123 cm³/mol. The fraction of sp³-hybridized carbons (Fsp3) is 0.346. The number of alkyl halides is 3. The fourth-order valence-electron chi connectivity index (χ4n) is 3.87. The molecule has 34 heavy (non-hydrogen) atoms. The van der Waals surface area contributed by atoms with Gasteiger partial charge in [-0.2, -0.15) is 13.2 Å². The van der Waals surface area contributed by atoms with Crippen molar-refractivity contribution in [2.45, 2.75) is 32.2 Å². The molecule has 0 saturated heterocycles. The van der Waals surface area contributed by atoms with E-state index < -0.39 is 11.7 Å². The fourth-order valence-corrected chi connectivity index (χ4v) is 3.87. The lowest BCUT2D eigenvalue weighted by Gasteiger charge is -2.24. The maximum atomic E-state index is 13.1. The quantitative estimate of drug-likeness (QED) is 0.277. The smallest absolute Gasteiger partial charge is 0.416 e. The van der Waals surface area contributed by atoms with Crippen molar-refractivity contribution >= 4 is 5.97 Å². The van der Waals surface area contributed by atoms with Crippen LogP contribution in [0.2, 0.25) is 0 Å². The number of carbonyl (C=O) groups is 1. The van der Waals surface area contributed by atoms with Gasteiger partial charge in [-0.1, -0.05) is 30.3 Å². The molecular formula is C26H29F3N2O3. The lowest BCUT2D eigenvalue weighted by Crippen LogP contribution is -2.27. The number of methoxy groups -OCH3 is 2. The molecule has 0 amide bonds. The minimum absolute atomic E-state index is 0.330. The minimum Gasteiger partial charge on any atom is -0.465 e. The summed E-state index contributed by atoms with van der Waals surface area (Å²) in [4.78, 5) is 14.4. The Balaban J connectivity index is 1.80. The normalized spacial score (nSPS) is 11.7. The van der Waals surface area contributed by atoms with Crippen LogP contribution in [-0.4, -0.2) is 42.8 Å². The van der Waals surface area contributed by atoms with Gasteiger partial charge >= 0.3 is 12.1 Å². The molecule has 0 radical (unpaired) electrons. The van der Waals surface area contributed by atoms with Gasteiger partial charge in [0.05, 0.1) is 18.2 Å². The number of ether oxygens (including phenoxy) is 2. The first-order valence-electron chi connectivity index (χ1n) is 11.0. The third kappa shape index (κ3) is 6.95. The van der Waals surface area contributed by atoms with Gasteiger partial charge in [0.1, 0.15) is 0 Å². The molecule has 0 spiro atoms. The molecular weight excluding hydrogens is 445 g/mol. The molecule has 1 aromatic heterocycles. The lowest BCUT2D eigenvalue weighted by molar-refractivity contribution is -0.137. The van der Waals surface area contributed by atoms with E-state index in [1.807, 2.05) is 35.0 Å². The number of nitrogens with zero attached hydrogens (tertiary/aromatic N) is 2. The number of carbonyl (C=O) groups excluding carboxylic acids is 1. The highest BCUT2D eigenvalue weighted by molar-refractivity contribution is 5.90. The van der Waals surface area contributed by atoms with E-state index in [9.17, 15) is 18.0 Å². The molecule has 8 heteroatoms. The Hall–Kier alpha value is -3.10. The van der Waals surface area contributed by atoms with Crippen molar-refractivity contribution in [1.82, 2.24) is 9.47 Å². The van der Waals surface area contributed by atoms with Gasteiger partial charge in [-0.25, -0.2) is 4.79 Å². The van der Waals surface area contributed by atoms with Crippen molar-refractivity contribution in [3.63, 3.8) is 0 Å². The summed E-state index contributed by atoms with van der Waals surface area (Å²) in [7, 11) is 3.01. The number of hydrogen-bond acceptors (Lipinski definition) is 4. The van der Waals surface area contributed by atoms with E-state index in [4.69, 9.17) is 9.47 Å². The van der Waals surface area contributed by atoms with Crippen molar-refractivity contribution in [3.05, 3.63) is 94.8 Å². The molecule has 0 atom stereocenters. The number of esters is 1. The second-order valence-electron chi connectivity index (χ2n) is 8.03. The molecule has 0 aliphatic heterocycles. The van der Waals surface area contributed by atoms with Crippen molar-refractivity contribution in [2.24, 2.45) is 0 Å². The van der Waals surface area contributed by atoms with Crippen LogP contribution in [0, 0.1) is 0 Å². The summed E-state index contributed by atoms with van der Waals surface area (Å²) in [6.07, 6.45) is -1.71. The first-order chi connectivity index (χ1) is 16.3. The van der Waals surface area contributed by atoms with Crippen LogP contribution < -0.4 is 0 Å². The number of aromatic nitrogens is 1. The second-order valence-corrected chi connectivity index (χ2v) is 8.03. The maximum absolute atomic E-state index is 13.1. The second kappa shape index (κ2) is 11.9. The van der Waals surface area contributed by atoms with Gasteiger partial charge in [0.15, 0.2) is 0 Å². The van der Waals surface area contributed by atoms with Gasteiger partial charge in [-0.15, -0.1) is 0 Å². The first-order valence-corrected chi connectivity index (χ1v) is 11.0. The number of rotatable bonds is 11. The summed E-state index contributed by atoms with van der Waals surface area (Å²) in [6, 6.07) is 16.6. The van der Waals surface area contributed by atoms with Gasteiger partial charge in [0, 0.05) is 51.8 Å². The highest BCUT2D eigenvalue weighted by Gasteiger charge is 2.30. The molecule has 1 heterocycles. The van der Waals surface area contributed by atoms with Crippen molar-refractivity contribution < 1.29 is 27.4 Å². The SMILES string of the molecule is COCCCN(Cc1ccccc1C(=O)OC)Cc1cccn1Cc1cccc(C(F)(F)F)c1. The average Bonchev–Trinajstić information content (AvgIpc) is 3.25. The molecule has 5 nitrogen and oxygen atoms in total. The third-order valence-corrected chi connectivity index (χ3v) is 5.56. The predicted octanol–water partition coefficient (Wildman–Crippen LogP) is 5.38. The summed E-state index contributed by atoms with van der Waals surface area (Å²) < 4.78 is 51.4. The molecule has 0 aliphatic carbocycles. The molecule has 0 saturated carbocycles. The van der Waals surface area contributed by atoms with Crippen LogP contribution in [-0.2, 0) is 35.3 Å². The summed E-state index contributed by atoms with van der Waals surface area (Å²) in [5.41, 5.74) is 2.25. The summed E-state index contributed by atoms with van der Waals surface area (Å²) in [5, 5.41) is 0. The Kier molecular flexibility index (Phi) is 8.90. The molecule has 0 N–H and O–H groups in total. The van der Waals surface area contributed by atoms with E-state index in [1.165, 1.54) is 19.2 Å².